The lowest BCUT2D eigenvalue weighted by Crippen LogP contribution is -2.51. The zero-order valence-electron chi connectivity index (χ0n) is 14.9. The number of carbonyl (C=O) groups is 1. The maximum atomic E-state index is 12.8. The van der Waals surface area contributed by atoms with Gasteiger partial charge in [0.15, 0.2) is 0 Å². The predicted molar refractivity (Wildman–Crippen MR) is 91.5 cm³/mol. The zero-order chi connectivity index (χ0) is 16.9. The molecule has 0 radical (unpaired) electrons. The van der Waals surface area contributed by atoms with Crippen LogP contribution in [-0.4, -0.2) is 88.9 Å². The van der Waals surface area contributed by atoms with Gasteiger partial charge in [0.2, 0.25) is 5.91 Å². The van der Waals surface area contributed by atoms with E-state index in [1.807, 2.05) is 29.7 Å². The highest BCUT2D eigenvalue weighted by atomic mass is 16.5. The van der Waals surface area contributed by atoms with Crippen LogP contribution in [-0.2, 0) is 23.1 Å². The number of carbonyl (C=O) groups excluding carboxylic acids is 1. The summed E-state index contributed by atoms with van der Waals surface area (Å²) in [5.74, 6) is 0.264. The van der Waals surface area contributed by atoms with Gasteiger partial charge in [0.05, 0.1) is 25.5 Å². The fourth-order valence-corrected chi connectivity index (χ4v) is 3.55. The van der Waals surface area contributed by atoms with E-state index in [4.69, 9.17) is 4.74 Å². The lowest BCUT2D eigenvalue weighted by molar-refractivity contribution is -0.137. The van der Waals surface area contributed by atoms with Crippen LogP contribution in [0.4, 0.5) is 0 Å². The molecule has 1 amide bonds. The Bertz CT molecular complexity index is 541. The standard InChI is InChI=1S/C17H29N5O2/c1-15(21-8-10-24-11-9-21)17(23)22-5-3-4-20(6-7-22)14-16-12-18-19(2)13-16/h12-13,15H,3-11,14H2,1-2H3/t15-/m1/s1. The van der Waals surface area contributed by atoms with Crippen LogP contribution in [0, 0.1) is 0 Å². The maximum absolute atomic E-state index is 12.8. The largest absolute Gasteiger partial charge is 0.379 e. The van der Waals surface area contributed by atoms with Crippen molar-refractivity contribution in [3.8, 4) is 0 Å². The first-order chi connectivity index (χ1) is 11.6. The predicted octanol–water partition coefficient (Wildman–Crippen LogP) is 0.175. The number of rotatable bonds is 4. The summed E-state index contributed by atoms with van der Waals surface area (Å²) >= 11 is 0. The molecule has 0 aliphatic carbocycles. The average Bonchev–Trinajstić information content (AvgIpc) is 2.87. The zero-order valence-corrected chi connectivity index (χ0v) is 14.9. The summed E-state index contributed by atoms with van der Waals surface area (Å²) in [7, 11) is 1.94. The van der Waals surface area contributed by atoms with Crippen LogP contribution in [0.1, 0.15) is 18.9 Å². The van der Waals surface area contributed by atoms with Crippen molar-refractivity contribution in [3.63, 3.8) is 0 Å². The second-order valence-corrected chi connectivity index (χ2v) is 6.80. The number of amides is 1. The normalized spacial score (nSPS) is 22.3. The molecule has 2 aliphatic rings. The van der Waals surface area contributed by atoms with E-state index in [1.165, 1.54) is 5.56 Å². The maximum Gasteiger partial charge on any atom is 0.239 e. The van der Waals surface area contributed by atoms with Crippen molar-refractivity contribution in [1.29, 1.82) is 0 Å². The fourth-order valence-electron chi connectivity index (χ4n) is 3.55. The van der Waals surface area contributed by atoms with Crippen molar-refractivity contribution in [1.82, 2.24) is 24.5 Å². The quantitative estimate of drug-likeness (QED) is 0.785. The Labute approximate surface area is 144 Å². The van der Waals surface area contributed by atoms with E-state index >= 15 is 0 Å². The van der Waals surface area contributed by atoms with Gasteiger partial charge in [0.25, 0.3) is 0 Å². The van der Waals surface area contributed by atoms with Crippen LogP contribution >= 0.6 is 0 Å². The van der Waals surface area contributed by atoms with E-state index in [9.17, 15) is 4.79 Å². The Morgan fingerprint density at radius 1 is 1.21 bits per heavy atom. The van der Waals surface area contributed by atoms with Gasteiger partial charge in [-0.15, -0.1) is 0 Å². The number of ether oxygens (including phenoxy) is 1. The molecule has 7 heteroatoms. The Morgan fingerprint density at radius 3 is 2.71 bits per heavy atom. The Morgan fingerprint density at radius 2 is 2.00 bits per heavy atom. The van der Waals surface area contributed by atoms with Crippen LogP contribution in [0.15, 0.2) is 12.4 Å². The number of hydrogen-bond acceptors (Lipinski definition) is 5. The molecule has 0 N–H and O–H groups in total. The van der Waals surface area contributed by atoms with Crippen LogP contribution in [0.2, 0.25) is 0 Å². The van der Waals surface area contributed by atoms with Crippen LogP contribution in [0.25, 0.3) is 0 Å². The minimum absolute atomic E-state index is 0.0428. The van der Waals surface area contributed by atoms with Gasteiger partial charge in [-0.05, 0) is 13.3 Å². The van der Waals surface area contributed by atoms with Crippen LogP contribution < -0.4 is 0 Å². The van der Waals surface area contributed by atoms with Crippen molar-refractivity contribution in [2.24, 2.45) is 7.05 Å². The van der Waals surface area contributed by atoms with E-state index in [1.54, 1.807) is 0 Å². The van der Waals surface area contributed by atoms with E-state index in [-0.39, 0.29) is 11.9 Å². The highest BCUT2D eigenvalue weighted by Gasteiger charge is 2.28. The molecule has 0 unspecified atom stereocenters. The molecule has 2 aliphatic heterocycles. The highest BCUT2D eigenvalue weighted by molar-refractivity contribution is 5.81. The van der Waals surface area contributed by atoms with E-state index < -0.39 is 0 Å². The average molecular weight is 335 g/mol. The molecule has 7 nitrogen and oxygen atoms in total. The molecule has 0 aromatic carbocycles. The van der Waals surface area contributed by atoms with Crippen molar-refractivity contribution in [2.75, 3.05) is 52.5 Å². The summed E-state index contributed by atoms with van der Waals surface area (Å²) < 4.78 is 7.23. The summed E-state index contributed by atoms with van der Waals surface area (Å²) in [5, 5.41) is 4.23. The van der Waals surface area contributed by atoms with Gasteiger partial charge in [0, 0.05) is 64.6 Å². The summed E-state index contributed by atoms with van der Waals surface area (Å²) in [4.78, 5) is 19.5. The Kier molecular flexibility index (Phi) is 5.86. The molecular formula is C17H29N5O2. The summed E-state index contributed by atoms with van der Waals surface area (Å²) in [6, 6.07) is -0.0428. The van der Waals surface area contributed by atoms with Gasteiger partial charge < -0.3 is 9.64 Å². The molecule has 2 saturated heterocycles. The first kappa shape index (κ1) is 17.4. The van der Waals surface area contributed by atoms with Gasteiger partial charge in [-0.1, -0.05) is 0 Å². The lowest BCUT2D eigenvalue weighted by atomic mass is 10.2. The molecule has 0 saturated carbocycles. The van der Waals surface area contributed by atoms with Crippen molar-refractivity contribution >= 4 is 5.91 Å². The van der Waals surface area contributed by atoms with Gasteiger partial charge in [-0.3, -0.25) is 19.3 Å². The van der Waals surface area contributed by atoms with Crippen molar-refractivity contribution in [2.45, 2.75) is 25.9 Å². The molecule has 0 bridgehead atoms. The number of morpholine rings is 1. The first-order valence-corrected chi connectivity index (χ1v) is 8.94. The number of aryl methyl sites for hydroxylation is 1. The van der Waals surface area contributed by atoms with E-state index in [0.29, 0.717) is 0 Å². The minimum atomic E-state index is -0.0428. The highest BCUT2D eigenvalue weighted by Crippen LogP contribution is 2.12. The molecular weight excluding hydrogens is 306 g/mol. The Hall–Kier alpha value is -1.44. The van der Waals surface area contributed by atoms with Crippen molar-refractivity contribution < 1.29 is 9.53 Å². The fraction of sp³-hybridized carbons (Fsp3) is 0.765. The Balaban J connectivity index is 1.51. The molecule has 1 aromatic rings. The SMILES string of the molecule is C[C@H](C(=O)N1CCCN(Cc2cnn(C)c2)CC1)N1CCOCC1. The molecule has 24 heavy (non-hydrogen) atoms. The summed E-state index contributed by atoms with van der Waals surface area (Å²) in [6.45, 7) is 9.75. The third kappa shape index (κ3) is 4.34. The summed E-state index contributed by atoms with van der Waals surface area (Å²) in [6.07, 6.45) is 5.02. The molecule has 0 spiro atoms. The lowest BCUT2D eigenvalue weighted by Gasteiger charge is -2.34. The molecule has 2 fully saturated rings. The van der Waals surface area contributed by atoms with Crippen LogP contribution in [0.5, 0.6) is 0 Å². The van der Waals surface area contributed by atoms with Crippen molar-refractivity contribution in [3.05, 3.63) is 18.0 Å². The van der Waals surface area contributed by atoms with Gasteiger partial charge in [0.1, 0.15) is 0 Å². The second kappa shape index (κ2) is 8.09. The van der Waals surface area contributed by atoms with Gasteiger partial charge >= 0.3 is 0 Å². The van der Waals surface area contributed by atoms with Crippen LogP contribution in [0.3, 0.4) is 0 Å². The number of nitrogens with zero attached hydrogens (tertiary/aromatic N) is 5. The molecule has 3 rings (SSSR count). The third-order valence-corrected chi connectivity index (χ3v) is 5.02. The van der Waals surface area contributed by atoms with Gasteiger partial charge in [-0.25, -0.2) is 0 Å². The second-order valence-electron chi connectivity index (χ2n) is 6.80. The molecule has 134 valence electrons. The summed E-state index contributed by atoms with van der Waals surface area (Å²) in [5.41, 5.74) is 1.24. The molecule has 1 atom stereocenters. The minimum Gasteiger partial charge on any atom is -0.379 e. The topological polar surface area (TPSA) is 53.8 Å². The smallest absolute Gasteiger partial charge is 0.239 e. The third-order valence-electron chi connectivity index (χ3n) is 5.02. The number of aromatic nitrogens is 2. The van der Waals surface area contributed by atoms with E-state index in [2.05, 4.69) is 21.1 Å². The molecule has 3 heterocycles. The monoisotopic (exact) mass is 335 g/mol. The van der Waals surface area contributed by atoms with Gasteiger partial charge in [-0.2, -0.15) is 5.10 Å². The molecule has 1 aromatic heterocycles. The van der Waals surface area contributed by atoms with E-state index in [0.717, 1.165) is 65.4 Å². The number of hydrogen-bond donors (Lipinski definition) is 0. The first-order valence-electron chi connectivity index (χ1n) is 8.94.